The van der Waals surface area contributed by atoms with E-state index in [0.29, 0.717) is 16.5 Å². The van der Waals surface area contributed by atoms with Crippen molar-refractivity contribution >= 4 is 34.7 Å². The summed E-state index contributed by atoms with van der Waals surface area (Å²) in [4.78, 5) is 5.62. The molecule has 0 saturated carbocycles. The van der Waals surface area contributed by atoms with Crippen molar-refractivity contribution in [1.29, 1.82) is 0 Å². The SMILES string of the molecule is Cc1ccn2c(/C(CSc3ccc(Cl)cc3)=N\O)c(C)nc2c1. The number of halogens is 1. The number of pyridine rings is 1. The maximum atomic E-state index is 9.47. The Labute approximate surface area is 143 Å². The number of hydrogen-bond acceptors (Lipinski definition) is 4. The van der Waals surface area contributed by atoms with Crippen molar-refractivity contribution in [2.45, 2.75) is 18.7 Å². The third-order valence-corrected chi connectivity index (χ3v) is 4.81. The summed E-state index contributed by atoms with van der Waals surface area (Å²) in [6.45, 7) is 3.96. The maximum absolute atomic E-state index is 9.47. The molecule has 4 nitrogen and oxygen atoms in total. The molecule has 0 fully saturated rings. The molecule has 0 atom stereocenters. The third-order valence-electron chi connectivity index (χ3n) is 3.54. The van der Waals surface area contributed by atoms with Gasteiger partial charge in [0.05, 0.1) is 11.4 Å². The molecule has 0 aliphatic heterocycles. The molecule has 0 amide bonds. The first kappa shape index (κ1) is 15.9. The van der Waals surface area contributed by atoms with Crippen molar-refractivity contribution in [3.63, 3.8) is 0 Å². The largest absolute Gasteiger partial charge is 0.411 e. The molecule has 2 aromatic heterocycles. The summed E-state index contributed by atoms with van der Waals surface area (Å²) < 4.78 is 1.96. The van der Waals surface area contributed by atoms with Crippen LogP contribution in [-0.2, 0) is 0 Å². The Kier molecular flexibility index (Phi) is 4.59. The molecular weight excluding hydrogens is 330 g/mol. The first-order valence-corrected chi connectivity index (χ1v) is 8.50. The van der Waals surface area contributed by atoms with Crippen LogP contribution in [0.4, 0.5) is 0 Å². The molecule has 118 valence electrons. The third kappa shape index (κ3) is 3.35. The number of aromatic nitrogens is 2. The van der Waals surface area contributed by atoms with Gasteiger partial charge >= 0.3 is 0 Å². The summed E-state index contributed by atoms with van der Waals surface area (Å²) in [5.74, 6) is 0.542. The highest BCUT2D eigenvalue weighted by molar-refractivity contribution is 8.00. The van der Waals surface area contributed by atoms with Crippen LogP contribution in [0.15, 0.2) is 52.6 Å². The predicted molar refractivity (Wildman–Crippen MR) is 95.2 cm³/mol. The Morgan fingerprint density at radius 2 is 2.00 bits per heavy atom. The van der Waals surface area contributed by atoms with E-state index in [-0.39, 0.29) is 0 Å². The van der Waals surface area contributed by atoms with Crippen molar-refractivity contribution in [3.05, 3.63) is 64.6 Å². The van der Waals surface area contributed by atoms with Gasteiger partial charge in [-0.15, -0.1) is 11.8 Å². The van der Waals surface area contributed by atoms with Gasteiger partial charge in [0.2, 0.25) is 0 Å². The van der Waals surface area contributed by atoms with Crippen molar-refractivity contribution in [2.24, 2.45) is 5.16 Å². The van der Waals surface area contributed by atoms with Gasteiger partial charge in [-0.1, -0.05) is 16.8 Å². The number of imidazole rings is 1. The fraction of sp³-hybridized carbons (Fsp3) is 0.176. The van der Waals surface area contributed by atoms with Crippen LogP contribution in [0.3, 0.4) is 0 Å². The Morgan fingerprint density at radius 1 is 1.26 bits per heavy atom. The highest BCUT2D eigenvalue weighted by atomic mass is 35.5. The predicted octanol–water partition coefficient (Wildman–Crippen LogP) is 4.58. The molecule has 0 radical (unpaired) electrons. The summed E-state index contributed by atoms with van der Waals surface area (Å²) in [7, 11) is 0. The highest BCUT2D eigenvalue weighted by Crippen LogP contribution is 2.23. The van der Waals surface area contributed by atoms with E-state index in [1.807, 2.05) is 60.8 Å². The molecule has 0 spiro atoms. The molecule has 2 heterocycles. The minimum atomic E-state index is 0.542. The zero-order valence-electron chi connectivity index (χ0n) is 12.8. The van der Waals surface area contributed by atoms with Gasteiger partial charge in [-0.05, 0) is 55.8 Å². The van der Waals surface area contributed by atoms with Crippen LogP contribution in [0.5, 0.6) is 0 Å². The van der Waals surface area contributed by atoms with Gasteiger partial charge in [0.15, 0.2) is 0 Å². The second kappa shape index (κ2) is 6.64. The molecule has 3 rings (SSSR count). The number of aryl methyl sites for hydroxylation is 2. The lowest BCUT2D eigenvalue weighted by Gasteiger charge is -2.06. The Balaban J connectivity index is 1.89. The van der Waals surface area contributed by atoms with Crippen LogP contribution in [-0.4, -0.2) is 26.1 Å². The zero-order chi connectivity index (χ0) is 16.4. The number of benzene rings is 1. The second-order valence-electron chi connectivity index (χ2n) is 5.27. The Morgan fingerprint density at radius 3 is 2.70 bits per heavy atom. The first-order chi connectivity index (χ1) is 11.1. The van der Waals surface area contributed by atoms with Crippen molar-refractivity contribution in [3.8, 4) is 0 Å². The Hall–Kier alpha value is -1.98. The van der Waals surface area contributed by atoms with Gasteiger partial charge in [-0.2, -0.15) is 0 Å². The van der Waals surface area contributed by atoms with Crippen molar-refractivity contribution < 1.29 is 5.21 Å². The van der Waals surface area contributed by atoms with E-state index in [2.05, 4.69) is 10.1 Å². The fourth-order valence-corrected chi connectivity index (χ4v) is 3.39. The van der Waals surface area contributed by atoms with Crippen LogP contribution in [0.2, 0.25) is 5.02 Å². The van der Waals surface area contributed by atoms with Gasteiger partial charge < -0.3 is 5.21 Å². The monoisotopic (exact) mass is 345 g/mol. The van der Waals surface area contributed by atoms with E-state index in [0.717, 1.165) is 27.5 Å². The highest BCUT2D eigenvalue weighted by Gasteiger charge is 2.16. The summed E-state index contributed by atoms with van der Waals surface area (Å²) in [5.41, 5.74) is 4.28. The smallest absolute Gasteiger partial charge is 0.137 e. The summed E-state index contributed by atoms with van der Waals surface area (Å²) in [5, 5.41) is 13.7. The van der Waals surface area contributed by atoms with Crippen LogP contribution in [0.25, 0.3) is 5.65 Å². The van der Waals surface area contributed by atoms with Gasteiger partial charge in [-0.25, -0.2) is 4.98 Å². The molecule has 6 heteroatoms. The summed E-state index contributed by atoms with van der Waals surface area (Å²) in [6, 6.07) is 11.6. The number of thioether (sulfide) groups is 1. The first-order valence-electron chi connectivity index (χ1n) is 7.13. The van der Waals surface area contributed by atoms with E-state index in [9.17, 15) is 5.21 Å². The maximum Gasteiger partial charge on any atom is 0.137 e. The number of fused-ring (bicyclic) bond motifs is 1. The van der Waals surface area contributed by atoms with E-state index in [4.69, 9.17) is 11.6 Å². The lowest BCUT2D eigenvalue weighted by Crippen LogP contribution is -2.10. The quantitative estimate of drug-likeness (QED) is 0.326. The summed E-state index contributed by atoms with van der Waals surface area (Å²) in [6.07, 6.45) is 1.96. The molecule has 0 saturated heterocycles. The van der Waals surface area contributed by atoms with E-state index in [1.165, 1.54) is 0 Å². The van der Waals surface area contributed by atoms with Gasteiger partial charge in [-0.3, -0.25) is 4.40 Å². The second-order valence-corrected chi connectivity index (χ2v) is 6.75. The Bertz CT molecular complexity index is 871. The number of rotatable bonds is 4. The molecule has 0 bridgehead atoms. The normalized spacial score (nSPS) is 12.0. The molecule has 23 heavy (non-hydrogen) atoms. The molecule has 0 aliphatic rings. The lowest BCUT2D eigenvalue weighted by atomic mass is 10.2. The van der Waals surface area contributed by atoms with Gasteiger partial charge in [0.25, 0.3) is 0 Å². The van der Waals surface area contributed by atoms with Crippen LogP contribution in [0, 0.1) is 13.8 Å². The molecule has 0 unspecified atom stereocenters. The minimum Gasteiger partial charge on any atom is -0.411 e. The molecule has 3 aromatic rings. The van der Waals surface area contributed by atoms with Crippen LogP contribution >= 0.6 is 23.4 Å². The number of hydrogen-bond donors (Lipinski definition) is 1. The van der Waals surface area contributed by atoms with E-state index < -0.39 is 0 Å². The van der Waals surface area contributed by atoms with Crippen molar-refractivity contribution in [2.75, 3.05) is 5.75 Å². The van der Waals surface area contributed by atoms with Gasteiger partial charge in [0, 0.05) is 21.9 Å². The average Bonchev–Trinajstić information content (AvgIpc) is 2.85. The standard InChI is InChI=1S/C17H16ClN3OS/c1-11-7-8-21-16(9-11)19-12(2)17(21)15(20-22)10-23-14-5-3-13(18)4-6-14/h3-9,22H,10H2,1-2H3/b20-15-. The molecule has 1 aromatic carbocycles. The zero-order valence-corrected chi connectivity index (χ0v) is 14.4. The molecule has 1 N–H and O–H groups in total. The topological polar surface area (TPSA) is 49.9 Å². The van der Waals surface area contributed by atoms with E-state index >= 15 is 0 Å². The van der Waals surface area contributed by atoms with Crippen molar-refractivity contribution in [1.82, 2.24) is 9.38 Å². The lowest BCUT2D eigenvalue weighted by molar-refractivity contribution is 0.319. The number of nitrogens with zero attached hydrogens (tertiary/aromatic N) is 3. The fourth-order valence-electron chi connectivity index (χ4n) is 2.44. The van der Waals surface area contributed by atoms with Crippen LogP contribution in [0.1, 0.15) is 17.0 Å². The molecule has 0 aliphatic carbocycles. The summed E-state index contributed by atoms with van der Waals surface area (Å²) >= 11 is 7.49. The van der Waals surface area contributed by atoms with Gasteiger partial charge in [0.1, 0.15) is 11.4 Å². The average molecular weight is 346 g/mol. The molecular formula is C17H16ClN3OS. The number of oxime groups is 1. The van der Waals surface area contributed by atoms with Crippen LogP contribution < -0.4 is 0 Å². The van der Waals surface area contributed by atoms with E-state index in [1.54, 1.807) is 11.8 Å². The minimum absolute atomic E-state index is 0.542.